The summed E-state index contributed by atoms with van der Waals surface area (Å²) < 4.78 is 3.04. The van der Waals surface area contributed by atoms with Gasteiger partial charge in [0.15, 0.2) is 0 Å². The fourth-order valence-electron chi connectivity index (χ4n) is 0.698. The second kappa shape index (κ2) is 5.42. The topological polar surface area (TPSA) is 37.0 Å². The van der Waals surface area contributed by atoms with Gasteiger partial charge in [0.25, 0.3) is 0 Å². The normalized spacial score (nSPS) is 9.08. The first-order valence-corrected chi connectivity index (χ1v) is 8.85. The first-order chi connectivity index (χ1) is 5.83. The van der Waals surface area contributed by atoms with Crippen LogP contribution in [-0.2, 0) is 0 Å². The number of hydrogen-bond acceptors (Lipinski definition) is 4. The molecular weight excluding hydrogens is 365 g/mol. The van der Waals surface area contributed by atoms with E-state index in [2.05, 4.69) is 21.6 Å². The molecule has 0 bridgehead atoms. The van der Waals surface area contributed by atoms with Crippen LogP contribution in [0.2, 0.25) is 0 Å². The third-order valence-corrected chi connectivity index (χ3v) is 2.67. The average molecular weight is 373 g/mol. The van der Waals surface area contributed by atoms with Crippen molar-refractivity contribution < 1.29 is 0 Å². The van der Waals surface area contributed by atoms with Crippen LogP contribution < -0.4 is 10.0 Å². The number of pyridine rings is 1. The molecule has 1 aromatic rings. The summed E-state index contributed by atoms with van der Waals surface area (Å²) in [7, 11) is 1.64. The molecule has 0 amide bonds. The molecule has 5 heteroatoms. The van der Waals surface area contributed by atoms with Crippen LogP contribution in [0.15, 0.2) is 36.9 Å². The Bertz CT molecular complexity index is 252. The zero-order chi connectivity index (χ0) is 8.81. The van der Waals surface area contributed by atoms with Gasteiger partial charge >= 0.3 is 90.4 Å². The van der Waals surface area contributed by atoms with Crippen molar-refractivity contribution in [2.75, 3.05) is 5.32 Å². The second-order valence-corrected chi connectivity index (χ2v) is 4.84. The Kier molecular flexibility index (Phi) is 4.44. The van der Waals surface area contributed by atoms with Crippen LogP contribution in [-0.4, -0.2) is 29.2 Å². The molecule has 61 valence electrons. The third kappa shape index (κ3) is 3.44. The molecular formula is C7H8N3PbS. The maximum atomic E-state index is 3.97. The minimum atomic E-state index is 0.794. The van der Waals surface area contributed by atoms with Crippen LogP contribution in [0.25, 0.3) is 0 Å². The molecule has 1 aromatic heterocycles. The molecule has 0 aliphatic rings. The van der Waals surface area contributed by atoms with Gasteiger partial charge in [-0.1, -0.05) is 0 Å². The summed E-state index contributed by atoms with van der Waals surface area (Å²) in [5.41, 5.74) is 0.950. The Morgan fingerprint density at radius 2 is 2.50 bits per heavy atom. The SMILES string of the molecule is C=C(N[S][Pb])Nc1cccnc1. The summed E-state index contributed by atoms with van der Waals surface area (Å²) in [5.74, 6) is 0.794. The van der Waals surface area contributed by atoms with Gasteiger partial charge in [0.1, 0.15) is 0 Å². The van der Waals surface area contributed by atoms with Gasteiger partial charge < -0.3 is 0 Å². The van der Waals surface area contributed by atoms with Gasteiger partial charge in [-0.2, -0.15) is 0 Å². The van der Waals surface area contributed by atoms with Crippen LogP contribution >= 0.6 is 8.50 Å². The monoisotopic (exact) mass is 374 g/mol. The quantitative estimate of drug-likeness (QED) is 0.616. The Hall–Kier alpha value is -0.238. The second-order valence-electron chi connectivity index (χ2n) is 2.05. The number of aromatic nitrogens is 1. The molecule has 3 radical (unpaired) electrons. The van der Waals surface area contributed by atoms with Crippen molar-refractivity contribution in [3.63, 3.8) is 0 Å². The van der Waals surface area contributed by atoms with E-state index in [0.717, 1.165) is 35.8 Å². The van der Waals surface area contributed by atoms with E-state index >= 15 is 0 Å². The standard InChI is InChI=1S/C7H8N3S.Pb/c1-6(10-11)9-7-3-2-4-8-5-7;/h2-5,9-10H,1H2;/q-1;+1. The van der Waals surface area contributed by atoms with Gasteiger partial charge in [-0.05, 0) is 0 Å². The van der Waals surface area contributed by atoms with Crippen LogP contribution in [0, 0.1) is 0 Å². The minimum absolute atomic E-state index is 0.794. The predicted octanol–water partition coefficient (Wildman–Crippen LogP) is 1.29. The molecule has 0 fully saturated rings. The number of hydrogen-bond donors (Lipinski definition) is 2. The molecule has 1 rings (SSSR count). The van der Waals surface area contributed by atoms with Gasteiger partial charge in [-0.25, -0.2) is 0 Å². The van der Waals surface area contributed by atoms with Gasteiger partial charge in [0.2, 0.25) is 0 Å². The summed E-state index contributed by atoms with van der Waals surface area (Å²) in [6, 6.07) is 3.82. The zero-order valence-electron chi connectivity index (χ0n) is 6.37. The first kappa shape index (κ1) is 9.85. The molecule has 2 N–H and O–H groups in total. The van der Waals surface area contributed by atoms with Crippen molar-refractivity contribution in [3.8, 4) is 0 Å². The van der Waals surface area contributed by atoms with E-state index in [4.69, 9.17) is 0 Å². The fraction of sp³-hybridized carbons (Fsp3) is 0. The van der Waals surface area contributed by atoms with Gasteiger partial charge in [0, 0.05) is 0 Å². The van der Waals surface area contributed by atoms with Gasteiger partial charge in [-0.15, -0.1) is 0 Å². The van der Waals surface area contributed by atoms with E-state index in [1.165, 1.54) is 0 Å². The Morgan fingerprint density at radius 1 is 1.67 bits per heavy atom. The van der Waals surface area contributed by atoms with E-state index in [1.807, 2.05) is 12.1 Å². The third-order valence-electron chi connectivity index (χ3n) is 1.13. The van der Waals surface area contributed by atoms with E-state index in [1.54, 1.807) is 20.9 Å². The number of anilines is 1. The van der Waals surface area contributed by atoms with Crippen LogP contribution in [0.3, 0.4) is 0 Å². The predicted molar refractivity (Wildman–Crippen MR) is 53.5 cm³/mol. The van der Waals surface area contributed by atoms with Crippen molar-refractivity contribution in [1.29, 1.82) is 0 Å². The molecule has 0 aromatic carbocycles. The average Bonchev–Trinajstić information content (AvgIpc) is 2.06. The summed E-state index contributed by atoms with van der Waals surface area (Å²) in [6.45, 7) is 3.79. The molecule has 3 nitrogen and oxygen atoms in total. The number of nitrogens with one attached hydrogen (secondary N) is 2. The molecule has 0 spiro atoms. The Balaban J connectivity index is 2.47. The first-order valence-electron chi connectivity index (χ1n) is 3.27. The van der Waals surface area contributed by atoms with Crippen LogP contribution in [0.4, 0.5) is 5.69 Å². The molecule has 0 saturated heterocycles. The van der Waals surface area contributed by atoms with E-state index in [-0.39, 0.29) is 0 Å². The zero-order valence-corrected chi connectivity index (χ0v) is 11.1. The Labute approximate surface area is 90.0 Å². The summed E-state index contributed by atoms with van der Waals surface area (Å²) in [4.78, 5) is 3.97. The molecule has 1 heterocycles. The Morgan fingerprint density at radius 3 is 3.08 bits per heavy atom. The van der Waals surface area contributed by atoms with E-state index in [0.29, 0.717) is 0 Å². The maximum absolute atomic E-state index is 3.97. The van der Waals surface area contributed by atoms with Crippen molar-refractivity contribution in [2.24, 2.45) is 0 Å². The van der Waals surface area contributed by atoms with E-state index < -0.39 is 0 Å². The van der Waals surface area contributed by atoms with Crippen LogP contribution in [0.1, 0.15) is 0 Å². The molecule has 0 atom stereocenters. The van der Waals surface area contributed by atoms with Crippen molar-refractivity contribution in [1.82, 2.24) is 9.71 Å². The number of rotatable bonds is 4. The molecule has 0 saturated carbocycles. The van der Waals surface area contributed by atoms with Gasteiger partial charge in [-0.3, -0.25) is 0 Å². The molecule has 0 unspecified atom stereocenters. The summed E-state index contributed by atoms with van der Waals surface area (Å²) in [5, 5.41) is 3.08. The molecule has 12 heavy (non-hydrogen) atoms. The van der Waals surface area contributed by atoms with Crippen molar-refractivity contribution in [2.45, 2.75) is 0 Å². The van der Waals surface area contributed by atoms with E-state index in [9.17, 15) is 0 Å². The van der Waals surface area contributed by atoms with Crippen LogP contribution in [0.5, 0.6) is 0 Å². The van der Waals surface area contributed by atoms with Crippen molar-refractivity contribution in [3.05, 3.63) is 36.9 Å². The summed E-state index contributed by atoms with van der Waals surface area (Å²) >= 11 is 1.04. The fourth-order valence-corrected chi connectivity index (χ4v) is 2.31. The number of nitrogens with zero attached hydrogens (tertiary/aromatic N) is 1. The summed E-state index contributed by atoms with van der Waals surface area (Å²) in [6.07, 6.45) is 3.49. The molecule has 0 aliphatic heterocycles. The van der Waals surface area contributed by atoms with Gasteiger partial charge in [0.05, 0.1) is 0 Å². The molecule has 0 aliphatic carbocycles. The van der Waals surface area contributed by atoms with Crippen molar-refractivity contribution >= 4 is 38.5 Å².